The van der Waals surface area contributed by atoms with Crippen molar-refractivity contribution in [3.8, 4) is 11.3 Å². The van der Waals surface area contributed by atoms with Crippen LogP contribution in [0.5, 0.6) is 0 Å². The van der Waals surface area contributed by atoms with E-state index < -0.39 is 0 Å². The minimum Gasteiger partial charge on any atom is -0.451 e. The molecule has 106 valence electrons. The third kappa shape index (κ3) is 2.88. The summed E-state index contributed by atoms with van der Waals surface area (Å²) in [5.41, 5.74) is 0.791. The molecule has 4 heteroatoms. The lowest BCUT2D eigenvalue weighted by Crippen LogP contribution is -2.34. The van der Waals surface area contributed by atoms with Crippen molar-refractivity contribution in [2.75, 3.05) is 7.05 Å². The second-order valence-corrected chi connectivity index (χ2v) is 5.22. The fraction of sp³-hybridized carbons (Fsp3) is 0.312. The molecule has 1 amide bonds. The summed E-state index contributed by atoms with van der Waals surface area (Å²) in [6.07, 6.45) is 0.903. The van der Waals surface area contributed by atoms with Gasteiger partial charge in [-0.1, -0.05) is 30.7 Å². The van der Waals surface area contributed by atoms with E-state index >= 15 is 0 Å². The molecule has 1 atom stereocenters. The average Bonchev–Trinajstić information content (AvgIpc) is 2.94. The number of amides is 1. The predicted octanol–water partition coefficient (Wildman–Crippen LogP) is 4.47. The van der Waals surface area contributed by atoms with Crippen LogP contribution in [0, 0.1) is 0 Å². The Bertz CT molecular complexity index is 606. The fourth-order valence-corrected chi connectivity index (χ4v) is 2.14. The molecule has 0 aliphatic carbocycles. The normalized spacial score (nSPS) is 12.2. The third-order valence-electron chi connectivity index (χ3n) is 3.53. The Morgan fingerprint density at radius 1 is 1.30 bits per heavy atom. The molecule has 2 rings (SSSR count). The minimum absolute atomic E-state index is 0.113. The van der Waals surface area contributed by atoms with Crippen molar-refractivity contribution < 1.29 is 9.21 Å². The summed E-state index contributed by atoms with van der Waals surface area (Å²) < 4.78 is 5.65. The molecule has 0 fully saturated rings. The van der Waals surface area contributed by atoms with Crippen LogP contribution >= 0.6 is 11.6 Å². The first-order valence-corrected chi connectivity index (χ1v) is 7.04. The van der Waals surface area contributed by atoms with E-state index in [0.717, 1.165) is 12.0 Å². The van der Waals surface area contributed by atoms with Gasteiger partial charge in [0, 0.05) is 18.7 Å². The Morgan fingerprint density at radius 2 is 2.00 bits per heavy atom. The van der Waals surface area contributed by atoms with Crippen LogP contribution < -0.4 is 0 Å². The highest BCUT2D eigenvalue weighted by atomic mass is 35.5. The Hall–Kier alpha value is -1.74. The van der Waals surface area contributed by atoms with E-state index in [2.05, 4.69) is 0 Å². The van der Waals surface area contributed by atoms with Gasteiger partial charge < -0.3 is 9.32 Å². The lowest BCUT2D eigenvalue weighted by molar-refractivity contribution is 0.0709. The van der Waals surface area contributed by atoms with Gasteiger partial charge in [0.05, 0.1) is 5.02 Å². The molecule has 0 bridgehead atoms. The van der Waals surface area contributed by atoms with Crippen molar-refractivity contribution in [3.05, 3.63) is 47.2 Å². The van der Waals surface area contributed by atoms with Gasteiger partial charge in [-0.15, -0.1) is 0 Å². The van der Waals surface area contributed by atoms with Crippen molar-refractivity contribution >= 4 is 17.5 Å². The van der Waals surface area contributed by atoms with Crippen LogP contribution in [0.4, 0.5) is 0 Å². The summed E-state index contributed by atoms with van der Waals surface area (Å²) in [6, 6.07) is 11.1. The highest BCUT2D eigenvalue weighted by Crippen LogP contribution is 2.29. The monoisotopic (exact) mass is 291 g/mol. The lowest BCUT2D eigenvalue weighted by atomic mass is 10.2. The third-order valence-corrected chi connectivity index (χ3v) is 3.86. The maximum absolute atomic E-state index is 12.3. The topological polar surface area (TPSA) is 33.5 Å². The summed E-state index contributed by atoms with van der Waals surface area (Å²) in [7, 11) is 1.79. The van der Waals surface area contributed by atoms with Crippen molar-refractivity contribution in [1.29, 1.82) is 0 Å². The molecule has 0 saturated heterocycles. The molecule has 1 aromatic heterocycles. The Kier molecular flexibility index (Phi) is 4.50. The van der Waals surface area contributed by atoms with Gasteiger partial charge in [-0.05, 0) is 37.6 Å². The first kappa shape index (κ1) is 14.7. The lowest BCUT2D eigenvalue weighted by Gasteiger charge is -2.22. The second-order valence-electron chi connectivity index (χ2n) is 4.82. The summed E-state index contributed by atoms with van der Waals surface area (Å²) in [5.74, 6) is 0.830. The van der Waals surface area contributed by atoms with E-state index in [9.17, 15) is 4.79 Å². The molecule has 3 nitrogen and oxygen atoms in total. The van der Waals surface area contributed by atoms with Gasteiger partial charge >= 0.3 is 0 Å². The first-order valence-electron chi connectivity index (χ1n) is 6.66. The summed E-state index contributed by atoms with van der Waals surface area (Å²) >= 11 is 6.13. The number of benzene rings is 1. The molecule has 20 heavy (non-hydrogen) atoms. The van der Waals surface area contributed by atoms with Gasteiger partial charge in [-0.25, -0.2) is 0 Å². The number of hydrogen-bond acceptors (Lipinski definition) is 2. The molecule has 0 aliphatic rings. The molecular weight excluding hydrogens is 274 g/mol. The molecule has 1 unspecified atom stereocenters. The van der Waals surface area contributed by atoms with Gasteiger partial charge in [0.2, 0.25) is 0 Å². The molecule has 0 aliphatic heterocycles. The summed E-state index contributed by atoms with van der Waals surface area (Å²) in [5, 5.41) is 0.608. The zero-order valence-electron chi connectivity index (χ0n) is 11.9. The molecule has 1 heterocycles. The van der Waals surface area contributed by atoms with Gasteiger partial charge in [-0.3, -0.25) is 4.79 Å². The van der Waals surface area contributed by atoms with Gasteiger partial charge in [0.25, 0.3) is 5.91 Å². The quantitative estimate of drug-likeness (QED) is 0.832. The van der Waals surface area contributed by atoms with Gasteiger partial charge in [0.15, 0.2) is 5.76 Å². The van der Waals surface area contributed by atoms with E-state index in [4.69, 9.17) is 16.0 Å². The SMILES string of the molecule is CCC(C)N(C)C(=O)c1ccc(-c2ccccc2Cl)o1. The predicted molar refractivity (Wildman–Crippen MR) is 81.0 cm³/mol. The smallest absolute Gasteiger partial charge is 0.289 e. The van der Waals surface area contributed by atoms with Gasteiger partial charge in [0.1, 0.15) is 5.76 Å². The highest BCUT2D eigenvalue weighted by molar-refractivity contribution is 6.33. The molecule has 2 aromatic rings. The number of furan rings is 1. The Balaban J connectivity index is 2.26. The Labute approximate surface area is 124 Å². The Morgan fingerprint density at radius 3 is 2.65 bits per heavy atom. The maximum atomic E-state index is 12.3. The number of carbonyl (C=O) groups is 1. The second kappa shape index (κ2) is 6.14. The number of halogens is 1. The molecule has 0 saturated carbocycles. The summed E-state index contributed by atoms with van der Waals surface area (Å²) in [4.78, 5) is 14.0. The van der Waals surface area contributed by atoms with E-state index in [0.29, 0.717) is 16.5 Å². The van der Waals surface area contributed by atoms with Crippen LogP contribution in [-0.4, -0.2) is 23.9 Å². The van der Waals surface area contributed by atoms with Crippen LogP contribution in [0.15, 0.2) is 40.8 Å². The van der Waals surface area contributed by atoms with Crippen LogP contribution in [0.3, 0.4) is 0 Å². The zero-order valence-corrected chi connectivity index (χ0v) is 12.6. The molecule has 1 aromatic carbocycles. The van der Waals surface area contributed by atoms with E-state index in [1.165, 1.54) is 0 Å². The van der Waals surface area contributed by atoms with Crippen molar-refractivity contribution in [2.24, 2.45) is 0 Å². The van der Waals surface area contributed by atoms with Crippen LogP contribution in [0.1, 0.15) is 30.8 Å². The van der Waals surface area contributed by atoms with E-state index in [1.807, 2.05) is 32.0 Å². The number of carbonyl (C=O) groups excluding carboxylic acids is 1. The zero-order chi connectivity index (χ0) is 14.7. The minimum atomic E-state index is -0.113. The first-order chi connectivity index (χ1) is 9.54. The standard InChI is InChI=1S/C16H18ClNO2/c1-4-11(2)18(3)16(19)15-10-9-14(20-15)12-7-5-6-8-13(12)17/h5-11H,4H2,1-3H3. The molecule has 0 spiro atoms. The maximum Gasteiger partial charge on any atom is 0.289 e. The molecule has 0 radical (unpaired) electrons. The summed E-state index contributed by atoms with van der Waals surface area (Å²) in [6.45, 7) is 4.06. The van der Waals surface area contributed by atoms with E-state index in [-0.39, 0.29) is 11.9 Å². The largest absolute Gasteiger partial charge is 0.451 e. The molecular formula is C16H18ClNO2. The van der Waals surface area contributed by atoms with Crippen molar-refractivity contribution in [2.45, 2.75) is 26.3 Å². The van der Waals surface area contributed by atoms with Crippen molar-refractivity contribution in [3.63, 3.8) is 0 Å². The van der Waals surface area contributed by atoms with Crippen molar-refractivity contribution in [1.82, 2.24) is 4.90 Å². The number of rotatable bonds is 4. The number of hydrogen-bond donors (Lipinski definition) is 0. The van der Waals surface area contributed by atoms with E-state index in [1.54, 1.807) is 30.1 Å². The highest BCUT2D eigenvalue weighted by Gasteiger charge is 2.20. The number of nitrogens with zero attached hydrogens (tertiary/aromatic N) is 1. The van der Waals surface area contributed by atoms with Gasteiger partial charge in [-0.2, -0.15) is 0 Å². The average molecular weight is 292 g/mol. The van der Waals surface area contributed by atoms with Crippen LogP contribution in [0.2, 0.25) is 5.02 Å². The molecule has 0 N–H and O–H groups in total. The van der Waals surface area contributed by atoms with Crippen LogP contribution in [-0.2, 0) is 0 Å². The van der Waals surface area contributed by atoms with Crippen LogP contribution in [0.25, 0.3) is 11.3 Å². The fourth-order valence-electron chi connectivity index (χ4n) is 1.91.